The number of hydrogen-bond donors (Lipinski definition) is 1. The Labute approximate surface area is 544 Å². The van der Waals surface area contributed by atoms with E-state index >= 15 is 0 Å². The van der Waals surface area contributed by atoms with E-state index in [1.165, 1.54) is 225 Å². The molecule has 0 fully saturated rings. The maximum absolute atomic E-state index is 12.9. The smallest absolute Gasteiger partial charge is 0.462 e. The molecule has 510 valence electrons. The molecule has 0 heterocycles. The molecule has 0 bridgehead atoms. The number of phosphoric acid groups is 1. The van der Waals surface area contributed by atoms with Crippen LogP contribution in [-0.4, -0.2) is 74.9 Å². The van der Waals surface area contributed by atoms with Crippen LogP contribution < -0.4 is 0 Å². The lowest BCUT2D eigenvalue weighted by Crippen LogP contribution is -2.37. The Bertz CT molecular complexity index is 1810. The molecule has 0 aliphatic heterocycles. The van der Waals surface area contributed by atoms with E-state index < -0.39 is 26.5 Å². The number of esters is 2. The monoisotopic (exact) mass is 1250 g/mol. The fourth-order valence-corrected chi connectivity index (χ4v) is 11.2. The molecule has 9 nitrogen and oxygen atoms in total. The van der Waals surface area contributed by atoms with E-state index in [0.717, 1.165) is 77.0 Å². The van der Waals surface area contributed by atoms with Crippen LogP contribution in [0.3, 0.4) is 0 Å². The van der Waals surface area contributed by atoms with Crippen LogP contribution in [0.5, 0.6) is 0 Å². The molecule has 0 aromatic rings. The number of nitrogens with zero attached hydrogens (tertiary/aromatic N) is 1. The highest BCUT2D eigenvalue weighted by Gasteiger charge is 2.27. The average molecular weight is 1250 g/mol. The van der Waals surface area contributed by atoms with Gasteiger partial charge in [-0.2, -0.15) is 0 Å². The van der Waals surface area contributed by atoms with E-state index in [2.05, 4.69) is 111 Å². The van der Waals surface area contributed by atoms with Gasteiger partial charge in [0.15, 0.2) is 6.10 Å². The fourth-order valence-electron chi connectivity index (χ4n) is 10.5. The number of carbonyl (C=O) groups is 2. The number of rotatable bonds is 68. The molecule has 0 radical (unpaired) electrons. The third kappa shape index (κ3) is 72.0. The number of unbranched alkanes of at least 4 members (excludes halogenated alkanes) is 38. The molecule has 0 aliphatic carbocycles. The minimum Gasteiger partial charge on any atom is -0.462 e. The van der Waals surface area contributed by atoms with Gasteiger partial charge in [0, 0.05) is 12.8 Å². The van der Waals surface area contributed by atoms with Crippen LogP contribution >= 0.6 is 7.82 Å². The molecule has 0 amide bonds. The zero-order valence-corrected chi connectivity index (χ0v) is 59.1. The summed E-state index contributed by atoms with van der Waals surface area (Å²) in [7, 11) is 1.48. The van der Waals surface area contributed by atoms with Crippen molar-refractivity contribution < 1.29 is 42.1 Å². The second kappa shape index (κ2) is 68.3. The van der Waals surface area contributed by atoms with E-state index in [-0.39, 0.29) is 32.0 Å². The van der Waals surface area contributed by atoms with Crippen molar-refractivity contribution in [3.05, 3.63) is 97.2 Å². The first-order valence-electron chi connectivity index (χ1n) is 37.0. The van der Waals surface area contributed by atoms with Crippen molar-refractivity contribution in [3.63, 3.8) is 0 Å². The minimum atomic E-state index is -4.40. The summed E-state index contributed by atoms with van der Waals surface area (Å²) in [6, 6.07) is 0. The van der Waals surface area contributed by atoms with Crippen molar-refractivity contribution >= 4 is 19.8 Å². The number of allylic oxidation sites excluding steroid dienone is 16. The molecule has 0 saturated carbocycles. The Morgan fingerprint density at radius 1 is 0.364 bits per heavy atom. The molecular weight excluding hydrogens is 1110 g/mol. The van der Waals surface area contributed by atoms with Crippen LogP contribution in [0.2, 0.25) is 0 Å². The Balaban J connectivity index is 3.99. The van der Waals surface area contributed by atoms with Crippen molar-refractivity contribution in [1.29, 1.82) is 0 Å². The van der Waals surface area contributed by atoms with E-state index in [0.29, 0.717) is 17.4 Å². The number of likely N-dealkylation sites (N-methyl/N-ethyl adjacent to an activating group) is 1. The molecule has 10 heteroatoms. The van der Waals surface area contributed by atoms with Crippen molar-refractivity contribution in [1.82, 2.24) is 0 Å². The fraction of sp³-hybridized carbons (Fsp3) is 0.769. The number of ether oxygens (including phenoxy) is 2. The van der Waals surface area contributed by atoms with Crippen LogP contribution in [0.1, 0.15) is 335 Å². The Hall–Kier alpha value is -3.07. The summed E-state index contributed by atoms with van der Waals surface area (Å²) in [5, 5.41) is 0. The molecule has 2 unspecified atom stereocenters. The lowest BCUT2D eigenvalue weighted by atomic mass is 10.0. The van der Waals surface area contributed by atoms with Crippen LogP contribution in [0.4, 0.5) is 0 Å². The Morgan fingerprint density at radius 3 is 0.966 bits per heavy atom. The van der Waals surface area contributed by atoms with E-state index in [1.54, 1.807) is 0 Å². The van der Waals surface area contributed by atoms with Crippen LogP contribution in [0.25, 0.3) is 0 Å². The van der Waals surface area contributed by atoms with Crippen molar-refractivity contribution in [3.8, 4) is 0 Å². The van der Waals surface area contributed by atoms with Gasteiger partial charge in [-0.1, -0.05) is 323 Å². The van der Waals surface area contributed by atoms with Gasteiger partial charge < -0.3 is 18.9 Å². The molecule has 1 N–H and O–H groups in total. The first-order chi connectivity index (χ1) is 43.0. The molecule has 0 aromatic carbocycles. The summed E-state index contributed by atoms with van der Waals surface area (Å²) in [5.41, 5.74) is 0. The summed E-state index contributed by atoms with van der Waals surface area (Å²) in [5.74, 6) is -0.787. The lowest BCUT2D eigenvalue weighted by Gasteiger charge is -2.24. The Kier molecular flexibility index (Phi) is 65.9. The zero-order chi connectivity index (χ0) is 64.1. The summed E-state index contributed by atoms with van der Waals surface area (Å²) < 4.78 is 34.8. The minimum absolute atomic E-state index is 0.0303. The van der Waals surface area contributed by atoms with Gasteiger partial charge in [0.25, 0.3) is 0 Å². The van der Waals surface area contributed by atoms with E-state index in [9.17, 15) is 19.0 Å². The van der Waals surface area contributed by atoms with Crippen LogP contribution in [-0.2, 0) is 32.7 Å². The van der Waals surface area contributed by atoms with Crippen molar-refractivity contribution in [2.75, 3.05) is 47.5 Å². The number of phosphoric ester groups is 1. The largest absolute Gasteiger partial charge is 0.472 e. The standard InChI is InChI=1S/C78H140NO8P/c1-6-8-10-12-14-16-18-20-22-24-26-28-30-32-34-35-36-37-38-39-40-41-42-43-45-47-49-51-53-55-57-59-61-63-65-67-69-71-78(81)87-76(75-86-88(82,83)85-73-72-79(3,4)5)74-84-77(80)70-68-66-64-62-60-58-56-54-52-50-48-46-44-33-31-29-27-25-23-21-19-17-15-13-11-9-7-2/h8,10,14,16,19-22,25-28,31-34,76H,6-7,9,11-13,15,17-18,23-24,29-30,35-75H2,1-5H3/p+1/b10-8-,16-14-,21-19-,22-20-,27-25-,28-26-,33-31-,34-32-. The predicted octanol–water partition coefficient (Wildman–Crippen LogP) is 24.3. The molecular formula is C78H141NO8P+. The van der Waals surface area contributed by atoms with Crippen molar-refractivity contribution in [2.24, 2.45) is 0 Å². The van der Waals surface area contributed by atoms with Gasteiger partial charge in [0.2, 0.25) is 0 Å². The highest BCUT2D eigenvalue weighted by atomic mass is 31.2. The summed E-state index contributed by atoms with van der Waals surface area (Å²) in [6.07, 6.45) is 95.2. The summed E-state index contributed by atoms with van der Waals surface area (Å²) >= 11 is 0. The summed E-state index contributed by atoms with van der Waals surface area (Å²) in [4.78, 5) is 35.9. The molecule has 2 atom stereocenters. The maximum Gasteiger partial charge on any atom is 0.472 e. The van der Waals surface area contributed by atoms with Gasteiger partial charge in [-0.3, -0.25) is 18.6 Å². The third-order valence-corrected chi connectivity index (χ3v) is 17.1. The summed E-state index contributed by atoms with van der Waals surface area (Å²) in [6.45, 7) is 4.35. The third-order valence-electron chi connectivity index (χ3n) is 16.1. The first-order valence-corrected chi connectivity index (χ1v) is 38.5. The zero-order valence-electron chi connectivity index (χ0n) is 58.2. The Morgan fingerprint density at radius 2 is 0.648 bits per heavy atom. The molecule has 0 aliphatic rings. The van der Waals surface area contributed by atoms with Gasteiger partial charge in [-0.25, -0.2) is 4.57 Å². The number of quaternary nitrogens is 1. The van der Waals surface area contributed by atoms with Crippen LogP contribution in [0, 0.1) is 0 Å². The molecule has 88 heavy (non-hydrogen) atoms. The van der Waals surface area contributed by atoms with Crippen molar-refractivity contribution in [2.45, 2.75) is 341 Å². The normalized spacial score (nSPS) is 13.7. The number of hydrogen-bond acceptors (Lipinski definition) is 7. The highest BCUT2D eigenvalue weighted by Crippen LogP contribution is 2.43. The van der Waals surface area contributed by atoms with Gasteiger partial charge >= 0.3 is 19.8 Å². The van der Waals surface area contributed by atoms with Crippen LogP contribution in [0.15, 0.2) is 97.2 Å². The molecule has 0 saturated heterocycles. The molecule has 0 spiro atoms. The maximum atomic E-state index is 12.9. The van der Waals surface area contributed by atoms with Gasteiger partial charge in [-0.15, -0.1) is 0 Å². The van der Waals surface area contributed by atoms with Gasteiger partial charge in [-0.05, 0) is 96.3 Å². The SMILES string of the molecule is CC/C=C\C/C=C\C/C=C\C/C=C\C/C=C\CCCCCCCCCCCCCCCCCCCCCCCC(=O)OC(COC(=O)CCCCCCCCCCCCCC/C=C\C/C=C\C/C=C\CCCCCCC)COP(=O)(O)OCC[N+](C)(C)C. The van der Waals surface area contributed by atoms with Gasteiger partial charge in [0.05, 0.1) is 27.7 Å². The topological polar surface area (TPSA) is 108 Å². The lowest BCUT2D eigenvalue weighted by molar-refractivity contribution is -0.870. The number of carbonyl (C=O) groups excluding carboxylic acids is 2. The van der Waals surface area contributed by atoms with E-state index in [4.69, 9.17) is 18.5 Å². The predicted molar refractivity (Wildman–Crippen MR) is 381 cm³/mol. The highest BCUT2D eigenvalue weighted by molar-refractivity contribution is 7.47. The second-order valence-corrected chi connectivity index (χ2v) is 27.4. The quantitative estimate of drug-likeness (QED) is 0.0211. The first kappa shape index (κ1) is 84.9. The van der Waals surface area contributed by atoms with Gasteiger partial charge in [0.1, 0.15) is 19.8 Å². The van der Waals surface area contributed by atoms with E-state index in [1.807, 2.05) is 21.1 Å². The molecule has 0 rings (SSSR count). The molecule has 0 aromatic heterocycles. The second-order valence-electron chi connectivity index (χ2n) is 25.9. The average Bonchev–Trinajstić information content (AvgIpc) is 3.68.